The molecular formula is C20H16O2S. The van der Waals surface area contributed by atoms with Crippen molar-refractivity contribution in [3.05, 3.63) is 94.2 Å². The second-order valence-corrected chi connectivity index (χ2v) is 6.33. The SMILES string of the molecule is O=C(c1ccccc1)C(Cc1cccs1)C(=O)c1ccccc1. The summed E-state index contributed by atoms with van der Waals surface area (Å²) in [6.45, 7) is 0. The van der Waals surface area contributed by atoms with Crippen molar-refractivity contribution in [1.82, 2.24) is 0 Å². The zero-order valence-corrected chi connectivity index (χ0v) is 13.3. The molecule has 3 heteroatoms. The van der Waals surface area contributed by atoms with Crippen LogP contribution in [0, 0.1) is 5.92 Å². The standard InChI is InChI=1S/C20H16O2S/c21-19(15-8-3-1-4-9-15)18(14-17-12-7-13-23-17)20(22)16-10-5-2-6-11-16/h1-13,18H,14H2. The zero-order valence-electron chi connectivity index (χ0n) is 12.5. The summed E-state index contributed by atoms with van der Waals surface area (Å²) in [5.74, 6) is -0.917. The average molecular weight is 320 g/mol. The van der Waals surface area contributed by atoms with E-state index < -0.39 is 5.92 Å². The fourth-order valence-electron chi connectivity index (χ4n) is 2.54. The van der Waals surface area contributed by atoms with Crippen molar-refractivity contribution in [1.29, 1.82) is 0 Å². The highest BCUT2D eigenvalue weighted by Crippen LogP contribution is 2.22. The molecule has 3 aromatic rings. The fraction of sp³-hybridized carbons (Fsp3) is 0.100. The molecule has 1 heterocycles. The molecule has 0 fully saturated rings. The first-order valence-corrected chi connectivity index (χ1v) is 8.34. The van der Waals surface area contributed by atoms with E-state index in [0.717, 1.165) is 4.88 Å². The maximum atomic E-state index is 12.9. The fourth-order valence-corrected chi connectivity index (χ4v) is 3.29. The maximum absolute atomic E-state index is 12.9. The van der Waals surface area contributed by atoms with Crippen molar-refractivity contribution in [3.8, 4) is 0 Å². The Kier molecular flexibility index (Phi) is 4.79. The molecule has 2 aromatic carbocycles. The molecule has 0 radical (unpaired) electrons. The first kappa shape index (κ1) is 15.4. The van der Waals surface area contributed by atoms with Crippen LogP contribution in [0.15, 0.2) is 78.2 Å². The van der Waals surface area contributed by atoms with Gasteiger partial charge in [-0.1, -0.05) is 66.7 Å². The number of ketones is 2. The molecule has 23 heavy (non-hydrogen) atoms. The lowest BCUT2D eigenvalue weighted by Crippen LogP contribution is -2.26. The second-order valence-electron chi connectivity index (χ2n) is 5.30. The quantitative estimate of drug-likeness (QED) is 0.488. The molecule has 0 aliphatic heterocycles. The number of hydrogen-bond acceptors (Lipinski definition) is 3. The van der Waals surface area contributed by atoms with Gasteiger partial charge in [0.2, 0.25) is 0 Å². The van der Waals surface area contributed by atoms with Gasteiger partial charge < -0.3 is 0 Å². The summed E-state index contributed by atoms with van der Waals surface area (Å²) in [4.78, 5) is 26.8. The van der Waals surface area contributed by atoms with E-state index in [4.69, 9.17) is 0 Å². The highest BCUT2D eigenvalue weighted by atomic mass is 32.1. The predicted molar refractivity (Wildman–Crippen MR) is 93.1 cm³/mol. The van der Waals surface area contributed by atoms with Crippen LogP contribution in [-0.2, 0) is 6.42 Å². The lowest BCUT2D eigenvalue weighted by molar-refractivity contribution is 0.0807. The molecule has 1 aromatic heterocycles. The van der Waals surface area contributed by atoms with Gasteiger partial charge in [-0.25, -0.2) is 0 Å². The van der Waals surface area contributed by atoms with Crippen LogP contribution in [0.1, 0.15) is 25.6 Å². The summed E-state index contributed by atoms with van der Waals surface area (Å²) < 4.78 is 0. The van der Waals surface area contributed by atoms with Crippen molar-refractivity contribution in [2.45, 2.75) is 6.42 Å². The summed E-state index contributed by atoms with van der Waals surface area (Å²) in [5, 5.41) is 1.96. The Balaban J connectivity index is 1.93. The van der Waals surface area contributed by atoms with Gasteiger partial charge >= 0.3 is 0 Å². The van der Waals surface area contributed by atoms with Crippen LogP contribution >= 0.6 is 11.3 Å². The van der Waals surface area contributed by atoms with E-state index in [0.29, 0.717) is 17.5 Å². The minimum Gasteiger partial charge on any atom is -0.293 e. The van der Waals surface area contributed by atoms with Crippen molar-refractivity contribution < 1.29 is 9.59 Å². The molecule has 0 saturated carbocycles. The monoisotopic (exact) mass is 320 g/mol. The molecular weight excluding hydrogens is 304 g/mol. The number of hydrogen-bond donors (Lipinski definition) is 0. The van der Waals surface area contributed by atoms with Gasteiger partial charge in [-0.3, -0.25) is 9.59 Å². The molecule has 0 amide bonds. The third kappa shape index (κ3) is 3.63. The van der Waals surface area contributed by atoms with Crippen LogP contribution < -0.4 is 0 Å². The van der Waals surface area contributed by atoms with Gasteiger partial charge in [0, 0.05) is 16.0 Å². The summed E-state index contributed by atoms with van der Waals surface area (Å²) in [6.07, 6.45) is 0.444. The van der Waals surface area contributed by atoms with Crippen LogP contribution in [0.2, 0.25) is 0 Å². The molecule has 0 aliphatic carbocycles. The summed E-state index contributed by atoms with van der Waals surface area (Å²) in [5.41, 5.74) is 1.16. The Labute approximate surface area is 139 Å². The minimum absolute atomic E-state index is 0.118. The summed E-state index contributed by atoms with van der Waals surface area (Å²) in [6, 6.07) is 22.0. The van der Waals surface area contributed by atoms with Crippen LogP contribution in [0.3, 0.4) is 0 Å². The average Bonchev–Trinajstić information content (AvgIpc) is 3.13. The topological polar surface area (TPSA) is 34.1 Å². The van der Waals surface area contributed by atoms with Gasteiger partial charge in [-0.05, 0) is 17.9 Å². The van der Waals surface area contributed by atoms with Crippen LogP contribution in [0.25, 0.3) is 0 Å². The Hall–Kier alpha value is -2.52. The molecule has 0 aliphatic rings. The van der Waals surface area contributed by atoms with Gasteiger partial charge in [0.15, 0.2) is 11.6 Å². The third-order valence-electron chi connectivity index (χ3n) is 3.74. The lowest BCUT2D eigenvalue weighted by Gasteiger charge is -2.14. The number of carbonyl (C=O) groups excluding carboxylic acids is 2. The predicted octanol–water partition coefficient (Wildman–Crippen LogP) is 4.67. The van der Waals surface area contributed by atoms with Crippen molar-refractivity contribution in [3.63, 3.8) is 0 Å². The van der Waals surface area contributed by atoms with Crippen molar-refractivity contribution >= 4 is 22.9 Å². The van der Waals surface area contributed by atoms with Gasteiger partial charge in [0.05, 0.1) is 5.92 Å². The van der Waals surface area contributed by atoms with Gasteiger partial charge in [0.25, 0.3) is 0 Å². The second kappa shape index (κ2) is 7.16. The van der Waals surface area contributed by atoms with E-state index in [-0.39, 0.29) is 11.6 Å². The van der Waals surface area contributed by atoms with Gasteiger partial charge in [-0.2, -0.15) is 0 Å². The number of thiophene rings is 1. The Morgan fingerprint density at radius 2 is 1.26 bits per heavy atom. The molecule has 2 nitrogen and oxygen atoms in total. The molecule has 0 bridgehead atoms. The Morgan fingerprint density at radius 3 is 1.70 bits per heavy atom. The first-order valence-electron chi connectivity index (χ1n) is 7.46. The molecule has 114 valence electrons. The molecule has 0 N–H and O–H groups in total. The number of benzene rings is 2. The molecule has 0 saturated heterocycles. The first-order chi connectivity index (χ1) is 11.3. The number of rotatable bonds is 6. The van der Waals surface area contributed by atoms with Crippen LogP contribution in [0.5, 0.6) is 0 Å². The van der Waals surface area contributed by atoms with E-state index in [1.54, 1.807) is 35.6 Å². The Morgan fingerprint density at radius 1 is 0.739 bits per heavy atom. The van der Waals surface area contributed by atoms with Crippen LogP contribution in [0.4, 0.5) is 0 Å². The van der Waals surface area contributed by atoms with Crippen molar-refractivity contribution in [2.75, 3.05) is 0 Å². The summed E-state index contributed by atoms with van der Waals surface area (Å²) >= 11 is 1.57. The van der Waals surface area contributed by atoms with E-state index in [2.05, 4.69) is 0 Å². The van der Waals surface area contributed by atoms with E-state index in [1.165, 1.54) is 0 Å². The third-order valence-corrected chi connectivity index (χ3v) is 4.63. The summed E-state index contributed by atoms with van der Waals surface area (Å²) in [7, 11) is 0. The van der Waals surface area contributed by atoms with E-state index in [9.17, 15) is 9.59 Å². The maximum Gasteiger partial charge on any atom is 0.174 e. The molecule has 3 rings (SSSR count). The van der Waals surface area contributed by atoms with E-state index >= 15 is 0 Å². The zero-order chi connectivity index (χ0) is 16.1. The number of carbonyl (C=O) groups is 2. The highest BCUT2D eigenvalue weighted by molar-refractivity contribution is 7.09. The minimum atomic E-state index is -0.682. The number of Topliss-reactive ketones (excluding diaryl/α,β-unsaturated/α-hetero) is 2. The molecule has 0 atom stereocenters. The van der Waals surface area contributed by atoms with Crippen LogP contribution in [-0.4, -0.2) is 11.6 Å². The normalized spacial score (nSPS) is 10.7. The molecule has 0 spiro atoms. The smallest absolute Gasteiger partial charge is 0.174 e. The molecule has 0 unspecified atom stereocenters. The highest BCUT2D eigenvalue weighted by Gasteiger charge is 2.28. The Bertz CT molecular complexity index is 726. The van der Waals surface area contributed by atoms with Gasteiger partial charge in [0.1, 0.15) is 0 Å². The van der Waals surface area contributed by atoms with E-state index in [1.807, 2.05) is 53.9 Å². The van der Waals surface area contributed by atoms with Crippen molar-refractivity contribution in [2.24, 2.45) is 5.92 Å². The lowest BCUT2D eigenvalue weighted by atomic mass is 9.87. The van der Waals surface area contributed by atoms with Gasteiger partial charge in [-0.15, -0.1) is 11.3 Å². The largest absolute Gasteiger partial charge is 0.293 e.